The maximum absolute atomic E-state index is 13.1. The van der Waals surface area contributed by atoms with Crippen molar-refractivity contribution in [1.82, 2.24) is 9.97 Å². The summed E-state index contributed by atoms with van der Waals surface area (Å²) >= 11 is 0. The van der Waals surface area contributed by atoms with E-state index in [9.17, 15) is 9.18 Å². The number of ketones is 1. The van der Waals surface area contributed by atoms with Gasteiger partial charge in [-0.2, -0.15) is 0 Å². The molecule has 0 aliphatic heterocycles. The Morgan fingerprint density at radius 3 is 2.32 bits per heavy atom. The maximum Gasteiger partial charge on any atom is 0.179 e. The lowest BCUT2D eigenvalue weighted by molar-refractivity contribution is 0.100. The molecule has 0 spiro atoms. The Morgan fingerprint density at radius 2 is 1.82 bits per heavy atom. The number of nitrogens with zero attached hydrogens (tertiary/aromatic N) is 2. The molecule has 1 saturated carbocycles. The molecule has 1 aromatic carbocycles. The maximum atomic E-state index is 13.1. The van der Waals surface area contributed by atoms with Gasteiger partial charge in [0, 0.05) is 24.2 Å². The molecule has 4 nitrogen and oxygen atoms in total. The summed E-state index contributed by atoms with van der Waals surface area (Å²) in [6.07, 6.45) is 7.02. The van der Waals surface area contributed by atoms with E-state index in [-0.39, 0.29) is 23.6 Å². The van der Waals surface area contributed by atoms with Gasteiger partial charge >= 0.3 is 0 Å². The second kappa shape index (κ2) is 5.93. The summed E-state index contributed by atoms with van der Waals surface area (Å²) in [5.74, 6) is 0.320. The van der Waals surface area contributed by atoms with Crippen LogP contribution < -0.4 is 5.73 Å². The molecule has 5 heteroatoms. The first-order valence-electron chi connectivity index (χ1n) is 7.43. The lowest BCUT2D eigenvalue weighted by atomic mass is 9.62. The van der Waals surface area contributed by atoms with Gasteiger partial charge in [-0.25, -0.2) is 14.4 Å². The van der Waals surface area contributed by atoms with Gasteiger partial charge in [0.15, 0.2) is 5.78 Å². The number of hydrogen-bond donors (Lipinski definition) is 1. The average molecular weight is 299 g/mol. The zero-order valence-corrected chi connectivity index (χ0v) is 12.3. The van der Waals surface area contributed by atoms with Crippen molar-refractivity contribution in [3.63, 3.8) is 0 Å². The highest BCUT2D eigenvalue weighted by Crippen LogP contribution is 2.45. The van der Waals surface area contributed by atoms with Gasteiger partial charge in [0.25, 0.3) is 0 Å². The number of hydrogen-bond acceptors (Lipinski definition) is 4. The molecule has 22 heavy (non-hydrogen) atoms. The third kappa shape index (κ3) is 2.76. The Kier molecular flexibility index (Phi) is 3.98. The van der Waals surface area contributed by atoms with Gasteiger partial charge in [-0.3, -0.25) is 4.79 Å². The van der Waals surface area contributed by atoms with E-state index in [1.54, 1.807) is 0 Å². The van der Waals surface area contributed by atoms with Crippen LogP contribution in [0.4, 0.5) is 4.39 Å². The third-order valence-corrected chi connectivity index (χ3v) is 4.48. The zero-order chi connectivity index (χ0) is 15.6. The summed E-state index contributed by atoms with van der Waals surface area (Å²) in [7, 11) is 0. The standard InChI is InChI=1S/C17H18FN3O/c18-14-4-2-13(3-5-14)17(6-1-7-17)8-16-20-10-12(11-21-16)15(22)9-19/h2-5,10-11H,1,6-9,19H2. The van der Waals surface area contributed by atoms with Crippen LogP contribution >= 0.6 is 0 Å². The average Bonchev–Trinajstić information content (AvgIpc) is 2.52. The molecule has 0 unspecified atom stereocenters. The Hall–Kier alpha value is -2.14. The van der Waals surface area contributed by atoms with Crippen LogP contribution in [0.25, 0.3) is 0 Å². The number of nitrogens with two attached hydrogens (primary N) is 1. The molecule has 0 saturated heterocycles. The Bertz CT molecular complexity index is 663. The molecule has 114 valence electrons. The second-order valence-corrected chi connectivity index (χ2v) is 5.83. The predicted molar refractivity (Wildman–Crippen MR) is 81.0 cm³/mol. The van der Waals surface area contributed by atoms with Crippen LogP contribution in [0.2, 0.25) is 0 Å². The SMILES string of the molecule is NCC(=O)c1cnc(CC2(c3ccc(F)cc3)CCC2)nc1. The Morgan fingerprint density at radius 1 is 1.18 bits per heavy atom. The first-order chi connectivity index (χ1) is 10.6. The van der Waals surface area contributed by atoms with Crippen LogP contribution in [0.15, 0.2) is 36.7 Å². The van der Waals surface area contributed by atoms with Crippen LogP contribution in [0.5, 0.6) is 0 Å². The van der Waals surface area contributed by atoms with Crippen LogP contribution in [0, 0.1) is 5.82 Å². The van der Waals surface area contributed by atoms with Gasteiger partial charge in [-0.15, -0.1) is 0 Å². The van der Waals surface area contributed by atoms with E-state index in [0.717, 1.165) is 24.8 Å². The quantitative estimate of drug-likeness (QED) is 0.861. The number of benzene rings is 1. The summed E-state index contributed by atoms with van der Waals surface area (Å²) in [5.41, 5.74) is 6.89. The number of aromatic nitrogens is 2. The molecule has 2 N–H and O–H groups in total. The fraction of sp³-hybridized carbons (Fsp3) is 0.353. The van der Waals surface area contributed by atoms with Crippen LogP contribution in [0.1, 0.15) is 41.0 Å². The molecular weight excluding hydrogens is 281 g/mol. The first kappa shape index (κ1) is 14.8. The molecule has 2 aromatic rings. The van der Waals surface area contributed by atoms with Gasteiger partial charge in [0.05, 0.1) is 12.1 Å². The summed E-state index contributed by atoms with van der Waals surface area (Å²) in [5, 5.41) is 0. The van der Waals surface area contributed by atoms with Crippen molar-refractivity contribution in [1.29, 1.82) is 0 Å². The number of carbonyl (C=O) groups excluding carboxylic acids is 1. The summed E-state index contributed by atoms with van der Waals surface area (Å²) < 4.78 is 13.1. The normalized spacial score (nSPS) is 16.1. The molecule has 0 radical (unpaired) electrons. The minimum absolute atomic E-state index is 0.00685. The van der Waals surface area contributed by atoms with Gasteiger partial charge in [-0.1, -0.05) is 18.6 Å². The molecule has 0 bridgehead atoms. The van der Waals surface area contributed by atoms with E-state index in [1.165, 1.54) is 24.5 Å². The molecule has 3 rings (SSSR count). The fourth-order valence-corrected chi connectivity index (χ4v) is 2.99. The van der Waals surface area contributed by atoms with E-state index in [2.05, 4.69) is 9.97 Å². The summed E-state index contributed by atoms with van der Waals surface area (Å²) in [6, 6.07) is 6.69. The molecule has 1 fully saturated rings. The number of halogens is 1. The van der Waals surface area contributed by atoms with Crippen molar-refractivity contribution in [3.05, 3.63) is 59.4 Å². The van der Waals surface area contributed by atoms with Crippen LogP contribution in [-0.2, 0) is 11.8 Å². The topological polar surface area (TPSA) is 68.9 Å². The van der Waals surface area contributed by atoms with Crippen molar-refractivity contribution in [2.24, 2.45) is 5.73 Å². The van der Waals surface area contributed by atoms with Crippen LogP contribution in [-0.4, -0.2) is 22.3 Å². The molecule has 1 aliphatic rings. The molecule has 0 amide bonds. The molecule has 1 aliphatic carbocycles. The van der Waals surface area contributed by atoms with E-state index < -0.39 is 0 Å². The van der Waals surface area contributed by atoms with E-state index >= 15 is 0 Å². The lowest BCUT2D eigenvalue weighted by Crippen LogP contribution is -2.37. The number of Topliss-reactive ketones (excluding diaryl/α,β-unsaturated/α-hetero) is 1. The largest absolute Gasteiger partial charge is 0.324 e. The van der Waals surface area contributed by atoms with Crippen molar-refractivity contribution in [2.75, 3.05) is 6.54 Å². The highest BCUT2D eigenvalue weighted by atomic mass is 19.1. The van der Waals surface area contributed by atoms with Crippen LogP contribution in [0.3, 0.4) is 0 Å². The van der Waals surface area contributed by atoms with Gasteiger partial charge in [0.1, 0.15) is 11.6 Å². The fourth-order valence-electron chi connectivity index (χ4n) is 2.99. The van der Waals surface area contributed by atoms with E-state index in [1.807, 2.05) is 12.1 Å². The Balaban J connectivity index is 1.81. The summed E-state index contributed by atoms with van der Waals surface area (Å²) in [4.78, 5) is 20.1. The smallest absolute Gasteiger partial charge is 0.179 e. The highest BCUT2D eigenvalue weighted by molar-refractivity contribution is 5.96. The predicted octanol–water partition coefficient (Wildman–Crippen LogP) is 2.42. The molecule has 1 heterocycles. The monoisotopic (exact) mass is 299 g/mol. The van der Waals surface area contributed by atoms with Crippen molar-refractivity contribution in [3.8, 4) is 0 Å². The van der Waals surface area contributed by atoms with Gasteiger partial charge < -0.3 is 5.73 Å². The molecular formula is C17H18FN3O. The minimum atomic E-state index is -0.223. The lowest BCUT2D eigenvalue weighted by Gasteiger charge is -2.42. The number of carbonyl (C=O) groups is 1. The van der Waals surface area contributed by atoms with Crippen molar-refractivity contribution >= 4 is 5.78 Å². The van der Waals surface area contributed by atoms with Gasteiger partial charge in [0.2, 0.25) is 0 Å². The summed E-state index contributed by atoms with van der Waals surface area (Å²) in [6.45, 7) is -0.0395. The third-order valence-electron chi connectivity index (χ3n) is 4.48. The zero-order valence-electron chi connectivity index (χ0n) is 12.3. The first-order valence-corrected chi connectivity index (χ1v) is 7.43. The number of rotatable bonds is 5. The van der Waals surface area contributed by atoms with E-state index in [0.29, 0.717) is 17.8 Å². The minimum Gasteiger partial charge on any atom is -0.324 e. The van der Waals surface area contributed by atoms with Crippen molar-refractivity contribution < 1.29 is 9.18 Å². The van der Waals surface area contributed by atoms with Crippen molar-refractivity contribution in [2.45, 2.75) is 31.1 Å². The molecule has 1 aromatic heterocycles. The Labute approximate surface area is 128 Å². The second-order valence-electron chi connectivity index (χ2n) is 5.83. The highest BCUT2D eigenvalue weighted by Gasteiger charge is 2.39. The van der Waals surface area contributed by atoms with E-state index in [4.69, 9.17) is 5.73 Å². The molecule has 0 atom stereocenters. The van der Waals surface area contributed by atoms with Gasteiger partial charge in [-0.05, 0) is 30.5 Å².